The van der Waals surface area contributed by atoms with Crippen LogP contribution in [0.5, 0.6) is 0 Å². The molecule has 0 fully saturated rings. The quantitative estimate of drug-likeness (QED) is 0.839. The molecule has 1 atom stereocenters. The van der Waals surface area contributed by atoms with Gasteiger partial charge in [-0.2, -0.15) is 0 Å². The highest BCUT2D eigenvalue weighted by Gasteiger charge is 2.24. The molecule has 0 radical (unpaired) electrons. The normalized spacial score (nSPS) is 12.2. The second kappa shape index (κ2) is 6.19. The van der Waals surface area contributed by atoms with E-state index in [0.29, 0.717) is 5.56 Å². The molecule has 0 heterocycles. The molecular weight excluding hydrogens is 230 g/mol. The summed E-state index contributed by atoms with van der Waals surface area (Å²) in [6, 6.07) is 6.38. The van der Waals surface area contributed by atoms with E-state index in [4.69, 9.17) is 5.11 Å². The van der Waals surface area contributed by atoms with E-state index in [1.807, 2.05) is 19.1 Å². The Balaban J connectivity index is 2.90. The molecule has 4 heteroatoms. The van der Waals surface area contributed by atoms with Crippen LogP contribution in [-0.2, 0) is 11.2 Å². The van der Waals surface area contributed by atoms with Crippen LogP contribution in [0.15, 0.2) is 24.3 Å². The molecular formula is C14H19NO3. The molecule has 18 heavy (non-hydrogen) atoms. The van der Waals surface area contributed by atoms with E-state index in [-0.39, 0.29) is 11.8 Å². The third-order valence-corrected chi connectivity index (χ3v) is 2.86. The predicted molar refractivity (Wildman–Crippen MR) is 69.5 cm³/mol. The van der Waals surface area contributed by atoms with Crippen molar-refractivity contribution in [3.8, 4) is 0 Å². The molecule has 1 aromatic carbocycles. The number of hydrogen-bond acceptors (Lipinski definition) is 2. The number of rotatable bonds is 5. The largest absolute Gasteiger partial charge is 0.480 e. The lowest BCUT2D eigenvalue weighted by Crippen LogP contribution is -2.44. The summed E-state index contributed by atoms with van der Waals surface area (Å²) in [5, 5.41) is 11.6. The number of benzene rings is 1. The Labute approximate surface area is 107 Å². The van der Waals surface area contributed by atoms with Crippen molar-refractivity contribution in [3.63, 3.8) is 0 Å². The van der Waals surface area contributed by atoms with Crippen molar-refractivity contribution in [2.45, 2.75) is 33.2 Å². The van der Waals surface area contributed by atoms with E-state index < -0.39 is 12.0 Å². The van der Waals surface area contributed by atoms with Crippen molar-refractivity contribution >= 4 is 11.9 Å². The van der Waals surface area contributed by atoms with Crippen LogP contribution in [0.3, 0.4) is 0 Å². The Morgan fingerprint density at radius 2 is 1.89 bits per heavy atom. The maximum absolute atomic E-state index is 12.1. The highest BCUT2D eigenvalue weighted by Crippen LogP contribution is 2.11. The molecule has 0 aliphatic rings. The summed E-state index contributed by atoms with van der Waals surface area (Å²) in [6.45, 7) is 5.50. The summed E-state index contributed by atoms with van der Waals surface area (Å²) in [6.07, 6.45) is 0.739. The number of carbonyl (C=O) groups is 2. The summed E-state index contributed by atoms with van der Waals surface area (Å²) in [5.74, 6) is -1.49. The van der Waals surface area contributed by atoms with Crippen molar-refractivity contribution in [2.24, 2.45) is 5.92 Å². The number of nitrogens with one attached hydrogen (secondary N) is 1. The van der Waals surface area contributed by atoms with Crippen LogP contribution in [0.25, 0.3) is 0 Å². The number of aryl methyl sites for hydroxylation is 1. The van der Waals surface area contributed by atoms with Crippen molar-refractivity contribution < 1.29 is 14.7 Å². The number of carboxylic acids is 1. The van der Waals surface area contributed by atoms with Gasteiger partial charge in [0.2, 0.25) is 0 Å². The fraction of sp³-hybridized carbons (Fsp3) is 0.429. The van der Waals surface area contributed by atoms with E-state index in [1.165, 1.54) is 0 Å². The van der Waals surface area contributed by atoms with Crippen molar-refractivity contribution in [3.05, 3.63) is 35.4 Å². The van der Waals surface area contributed by atoms with Crippen LogP contribution in [0.4, 0.5) is 0 Å². The molecule has 0 aliphatic carbocycles. The molecule has 2 N–H and O–H groups in total. The molecule has 0 aliphatic heterocycles. The lowest BCUT2D eigenvalue weighted by molar-refractivity contribution is -0.140. The molecule has 0 spiro atoms. The van der Waals surface area contributed by atoms with E-state index in [0.717, 1.165) is 12.0 Å². The molecule has 0 saturated heterocycles. The molecule has 1 aromatic rings. The summed E-state index contributed by atoms with van der Waals surface area (Å²) >= 11 is 0. The first-order chi connectivity index (χ1) is 8.47. The Kier molecular flexibility index (Phi) is 4.89. The fourth-order valence-electron chi connectivity index (χ4n) is 1.78. The Bertz CT molecular complexity index is 440. The first-order valence-electron chi connectivity index (χ1n) is 6.09. The van der Waals surface area contributed by atoms with E-state index in [1.54, 1.807) is 26.0 Å². The molecule has 98 valence electrons. The van der Waals surface area contributed by atoms with Gasteiger partial charge in [0.1, 0.15) is 6.04 Å². The van der Waals surface area contributed by atoms with Gasteiger partial charge in [-0.15, -0.1) is 0 Å². The number of aliphatic carboxylic acids is 1. The Hall–Kier alpha value is -1.84. The average molecular weight is 249 g/mol. The van der Waals surface area contributed by atoms with Crippen LogP contribution in [0, 0.1) is 5.92 Å². The third kappa shape index (κ3) is 3.32. The van der Waals surface area contributed by atoms with Crippen LogP contribution < -0.4 is 5.32 Å². The molecule has 1 amide bonds. The van der Waals surface area contributed by atoms with Crippen molar-refractivity contribution in [2.75, 3.05) is 0 Å². The van der Waals surface area contributed by atoms with Crippen molar-refractivity contribution in [1.29, 1.82) is 0 Å². The van der Waals surface area contributed by atoms with Crippen LogP contribution in [-0.4, -0.2) is 23.0 Å². The van der Waals surface area contributed by atoms with Gasteiger partial charge in [-0.05, 0) is 24.0 Å². The highest BCUT2D eigenvalue weighted by atomic mass is 16.4. The van der Waals surface area contributed by atoms with E-state index in [9.17, 15) is 9.59 Å². The lowest BCUT2D eigenvalue weighted by atomic mass is 10.0. The minimum absolute atomic E-state index is 0.153. The molecule has 0 saturated carbocycles. The molecule has 0 aromatic heterocycles. The summed E-state index contributed by atoms with van der Waals surface area (Å²) in [4.78, 5) is 23.1. The van der Waals surface area contributed by atoms with Crippen LogP contribution in [0.2, 0.25) is 0 Å². The van der Waals surface area contributed by atoms with E-state index in [2.05, 4.69) is 5.32 Å². The Morgan fingerprint density at radius 3 is 2.39 bits per heavy atom. The lowest BCUT2D eigenvalue weighted by Gasteiger charge is -2.18. The van der Waals surface area contributed by atoms with Gasteiger partial charge in [-0.1, -0.05) is 39.0 Å². The SMILES string of the molecule is CCc1ccccc1C(=O)N[C@H](C(=O)O)C(C)C. The molecule has 0 unspecified atom stereocenters. The van der Waals surface area contributed by atoms with Crippen LogP contribution >= 0.6 is 0 Å². The summed E-state index contributed by atoms with van der Waals surface area (Å²) in [5.41, 5.74) is 1.47. The number of carbonyl (C=O) groups excluding carboxylic acids is 1. The maximum atomic E-state index is 12.1. The fourth-order valence-corrected chi connectivity index (χ4v) is 1.78. The highest BCUT2D eigenvalue weighted by molar-refractivity contribution is 5.97. The number of carboxylic acid groups (broad SMARTS) is 1. The first-order valence-corrected chi connectivity index (χ1v) is 6.09. The van der Waals surface area contributed by atoms with Crippen molar-refractivity contribution in [1.82, 2.24) is 5.32 Å². The first kappa shape index (κ1) is 14.2. The zero-order chi connectivity index (χ0) is 13.7. The topological polar surface area (TPSA) is 66.4 Å². The summed E-state index contributed by atoms with van der Waals surface area (Å²) in [7, 11) is 0. The Morgan fingerprint density at radius 1 is 1.28 bits per heavy atom. The summed E-state index contributed by atoms with van der Waals surface area (Å²) < 4.78 is 0. The average Bonchev–Trinajstić information content (AvgIpc) is 2.34. The zero-order valence-corrected chi connectivity index (χ0v) is 10.9. The third-order valence-electron chi connectivity index (χ3n) is 2.86. The monoisotopic (exact) mass is 249 g/mol. The predicted octanol–water partition coefficient (Wildman–Crippen LogP) is 2.09. The van der Waals surface area contributed by atoms with Gasteiger partial charge in [0, 0.05) is 5.56 Å². The number of hydrogen-bond donors (Lipinski definition) is 2. The van der Waals surface area contributed by atoms with Gasteiger partial charge >= 0.3 is 5.97 Å². The smallest absolute Gasteiger partial charge is 0.326 e. The molecule has 4 nitrogen and oxygen atoms in total. The second-order valence-corrected chi connectivity index (χ2v) is 4.54. The second-order valence-electron chi connectivity index (χ2n) is 4.54. The molecule has 1 rings (SSSR count). The number of amides is 1. The maximum Gasteiger partial charge on any atom is 0.326 e. The van der Waals surface area contributed by atoms with Gasteiger partial charge in [-0.3, -0.25) is 4.79 Å². The molecule has 0 bridgehead atoms. The minimum Gasteiger partial charge on any atom is -0.480 e. The van der Waals surface area contributed by atoms with Gasteiger partial charge < -0.3 is 10.4 Å². The van der Waals surface area contributed by atoms with E-state index >= 15 is 0 Å². The van der Waals surface area contributed by atoms with Gasteiger partial charge in [-0.25, -0.2) is 4.79 Å². The van der Waals surface area contributed by atoms with Gasteiger partial charge in [0.05, 0.1) is 0 Å². The standard InChI is InChI=1S/C14H19NO3/c1-4-10-7-5-6-8-11(10)13(16)15-12(9(2)3)14(17)18/h5-9,12H,4H2,1-3H3,(H,15,16)(H,17,18)/t12-/m0/s1. The van der Waals surface area contributed by atoms with Gasteiger partial charge in [0.25, 0.3) is 5.91 Å². The minimum atomic E-state index is -1.01. The van der Waals surface area contributed by atoms with Crippen LogP contribution in [0.1, 0.15) is 36.7 Å². The zero-order valence-electron chi connectivity index (χ0n) is 10.9. The van der Waals surface area contributed by atoms with Gasteiger partial charge in [0.15, 0.2) is 0 Å².